The summed E-state index contributed by atoms with van der Waals surface area (Å²) in [5, 5.41) is 0. The molecule has 2 rings (SSSR count). The van der Waals surface area contributed by atoms with Crippen LogP contribution in [0, 0.1) is 5.92 Å². The second-order valence-corrected chi connectivity index (χ2v) is 3.50. The maximum Gasteiger partial charge on any atom is 0.212 e. The van der Waals surface area contributed by atoms with Crippen LogP contribution in [0.2, 0.25) is 0 Å². The third kappa shape index (κ3) is 2.36. The average molecular weight is 215 g/mol. The number of aromatic nitrogens is 1. The van der Waals surface area contributed by atoms with Crippen molar-refractivity contribution in [3.05, 3.63) is 23.9 Å². The Morgan fingerprint density at radius 1 is 1.50 bits per heavy atom. The molecular formula is C10H15ClN2O. The maximum absolute atomic E-state index is 6.01. The van der Waals surface area contributed by atoms with E-state index in [-0.39, 0.29) is 18.4 Å². The second kappa shape index (κ2) is 4.62. The quantitative estimate of drug-likeness (QED) is 0.837. The fourth-order valence-corrected chi connectivity index (χ4v) is 1.44. The van der Waals surface area contributed by atoms with Crippen LogP contribution in [-0.2, 0) is 0 Å². The van der Waals surface area contributed by atoms with Crippen LogP contribution in [0.4, 0.5) is 0 Å². The van der Waals surface area contributed by atoms with Crippen molar-refractivity contribution >= 4 is 12.4 Å². The summed E-state index contributed by atoms with van der Waals surface area (Å²) in [7, 11) is 1.61. The summed E-state index contributed by atoms with van der Waals surface area (Å²) in [5.41, 5.74) is 7.13. The van der Waals surface area contributed by atoms with Crippen LogP contribution in [0.1, 0.15) is 24.4 Å². The third-order valence-corrected chi connectivity index (χ3v) is 2.48. The lowest BCUT2D eigenvalue weighted by Crippen LogP contribution is -2.12. The summed E-state index contributed by atoms with van der Waals surface area (Å²) in [4.78, 5) is 4.13. The van der Waals surface area contributed by atoms with E-state index in [1.54, 1.807) is 7.11 Å². The van der Waals surface area contributed by atoms with Gasteiger partial charge < -0.3 is 10.5 Å². The fraction of sp³-hybridized carbons (Fsp3) is 0.500. The molecule has 4 heteroatoms. The van der Waals surface area contributed by atoms with Crippen LogP contribution < -0.4 is 10.5 Å². The van der Waals surface area contributed by atoms with Crippen LogP contribution in [0.5, 0.6) is 5.88 Å². The van der Waals surface area contributed by atoms with E-state index in [0.717, 1.165) is 5.56 Å². The molecule has 1 aliphatic carbocycles. The minimum Gasteiger partial charge on any atom is -0.481 e. The predicted octanol–water partition coefficient (Wildman–Crippen LogP) is 1.92. The second-order valence-electron chi connectivity index (χ2n) is 3.50. The highest BCUT2D eigenvalue weighted by atomic mass is 35.5. The standard InChI is InChI=1S/C10H14N2O.ClH/c1-13-9-5-4-8(6-12-9)10(11)7-2-3-7;/h4-7,10H,2-3,11H2,1H3;1H/t10-;/m1./s1. The van der Waals surface area contributed by atoms with Crippen molar-refractivity contribution in [2.45, 2.75) is 18.9 Å². The summed E-state index contributed by atoms with van der Waals surface area (Å²) in [5.74, 6) is 1.32. The smallest absolute Gasteiger partial charge is 0.212 e. The number of methoxy groups -OCH3 is 1. The van der Waals surface area contributed by atoms with E-state index in [9.17, 15) is 0 Å². The number of pyridine rings is 1. The molecule has 0 bridgehead atoms. The van der Waals surface area contributed by atoms with E-state index < -0.39 is 0 Å². The molecule has 0 aliphatic heterocycles. The van der Waals surface area contributed by atoms with Crippen molar-refractivity contribution in [1.29, 1.82) is 0 Å². The predicted molar refractivity (Wildman–Crippen MR) is 57.7 cm³/mol. The topological polar surface area (TPSA) is 48.1 Å². The third-order valence-electron chi connectivity index (χ3n) is 2.48. The minimum absolute atomic E-state index is 0. The fourth-order valence-electron chi connectivity index (χ4n) is 1.44. The van der Waals surface area contributed by atoms with Crippen LogP contribution in [0.3, 0.4) is 0 Å². The Labute approximate surface area is 90.1 Å². The Bertz CT molecular complexity index is 285. The van der Waals surface area contributed by atoms with Gasteiger partial charge in [-0.1, -0.05) is 6.07 Å². The molecule has 1 aromatic heterocycles. The number of rotatable bonds is 3. The van der Waals surface area contributed by atoms with E-state index in [4.69, 9.17) is 10.5 Å². The van der Waals surface area contributed by atoms with E-state index >= 15 is 0 Å². The van der Waals surface area contributed by atoms with Crippen LogP contribution in [0.25, 0.3) is 0 Å². The summed E-state index contributed by atoms with van der Waals surface area (Å²) in [6.07, 6.45) is 4.32. The molecule has 78 valence electrons. The lowest BCUT2D eigenvalue weighted by Gasteiger charge is -2.09. The number of halogens is 1. The Balaban J connectivity index is 0.000000980. The minimum atomic E-state index is 0. The molecule has 0 radical (unpaired) electrons. The molecule has 0 saturated heterocycles. The lowest BCUT2D eigenvalue weighted by molar-refractivity contribution is 0.397. The van der Waals surface area contributed by atoms with Crippen LogP contribution in [0.15, 0.2) is 18.3 Å². The van der Waals surface area contributed by atoms with Crippen molar-refractivity contribution in [3.63, 3.8) is 0 Å². The summed E-state index contributed by atoms with van der Waals surface area (Å²) >= 11 is 0. The molecule has 0 aromatic carbocycles. The molecule has 1 atom stereocenters. The molecular weight excluding hydrogens is 200 g/mol. The van der Waals surface area contributed by atoms with Gasteiger partial charge in [0.1, 0.15) is 0 Å². The molecule has 1 aliphatic rings. The van der Waals surface area contributed by atoms with Crippen molar-refractivity contribution < 1.29 is 4.74 Å². The van der Waals surface area contributed by atoms with E-state index in [1.807, 2.05) is 18.3 Å². The van der Waals surface area contributed by atoms with Gasteiger partial charge in [0.2, 0.25) is 5.88 Å². The Hall–Kier alpha value is -0.800. The Morgan fingerprint density at radius 3 is 2.64 bits per heavy atom. The van der Waals surface area contributed by atoms with Gasteiger partial charge in [-0.3, -0.25) is 0 Å². The van der Waals surface area contributed by atoms with Gasteiger partial charge >= 0.3 is 0 Å². The molecule has 1 heterocycles. The van der Waals surface area contributed by atoms with Crippen molar-refractivity contribution in [3.8, 4) is 5.88 Å². The van der Waals surface area contributed by atoms with Crippen molar-refractivity contribution in [2.75, 3.05) is 7.11 Å². The van der Waals surface area contributed by atoms with E-state index in [1.165, 1.54) is 12.8 Å². The van der Waals surface area contributed by atoms with Gasteiger partial charge in [-0.25, -0.2) is 4.98 Å². The monoisotopic (exact) mass is 214 g/mol. The maximum atomic E-state index is 6.01. The first-order valence-electron chi connectivity index (χ1n) is 4.57. The van der Waals surface area contributed by atoms with Gasteiger partial charge in [-0.15, -0.1) is 12.4 Å². The molecule has 0 unspecified atom stereocenters. The number of nitrogens with two attached hydrogens (primary N) is 1. The molecule has 0 amide bonds. The normalized spacial score (nSPS) is 17.0. The number of hydrogen-bond donors (Lipinski definition) is 1. The number of hydrogen-bond acceptors (Lipinski definition) is 3. The number of ether oxygens (including phenoxy) is 1. The van der Waals surface area contributed by atoms with Gasteiger partial charge in [0, 0.05) is 18.3 Å². The molecule has 1 saturated carbocycles. The van der Waals surface area contributed by atoms with E-state index in [0.29, 0.717) is 11.8 Å². The Morgan fingerprint density at radius 2 is 2.21 bits per heavy atom. The highest BCUT2D eigenvalue weighted by Crippen LogP contribution is 2.39. The van der Waals surface area contributed by atoms with Gasteiger partial charge in [0.25, 0.3) is 0 Å². The molecule has 1 aromatic rings. The zero-order valence-electron chi connectivity index (χ0n) is 8.14. The molecule has 3 nitrogen and oxygen atoms in total. The highest BCUT2D eigenvalue weighted by molar-refractivity contribution is 5.85. The number of nitrogens with zero attached hydrogens (tertiary/aromatic N) is 1. The van der Waals surface area contributed by atoms with Crippen LogP contribution in [-0.4, -0.2) is 12.1 Å². The highest BCUT2D eigenvalue weighted by Gasteiger charge is 2.29. The summed E-state index contributed by atoms with van der Waals surface area (Å²) in [6, 6.07) is 4.02. The largest absolute Gasteiger partial charge is 0.481 e. The zero-order valence-corrected chi connectivity index (χ0v) is 8.96. The first kappa shape index (κ1) is 11.3. The average Bonchev–Trinajstić information content (AvgIpc) is 3.00. The Kier molecular flexibility index (Phi) is 3.72. The molecule has 0 spiro atoms. The van der Waals surface area contributed by atoms with Crippen LogP contribution >= 0.6 is 12.4 Å². The molecule has 1 fully saturated rings. The zero-order chi connectivity index (χ0) is 9.26. The SMILES string of the molecule is COc1ccc([C@H](N)C2CC2)cn1.Cl. The van der Waals surface area contributed by atoms with E-state index in [2.05, 4.69) is 4.98 Å². The first-order valence-corrected chi connectivity index (χ1v) is 4.57. The van der Waals surface area contributed by atoms with Crippen molar-refractivity contribution in [2.24, 2.45) is 11.7 Å². The van der Waals surface area contributed by atoms with Gasteiger partial charge in [0.15, 0.2) is 0 Å². The van der Waals surface area contributed by atoms with Gasteiger partial charge in [0.05, 0.1) is 7.11 Å². The van der Waals surface area contributed by atoms with Crippen molar-refractivity contribution in [1.82, 2.24) is 4.98 Å². The van der Waals surface area contributed by atoms with Gasteiger partial charge in [-0.05, 0) is 24.3 Å². The first-order chi connectivity index (χ1) is 6.31. The molecule has 14 heavy (non-hydrogen) atoms. The summed E-state index contributed by atoms with van der Waals surface area (Å²) in [6.45, 7) is 0. The lowest BCUT2D eigenvalue weighted by atomic mass is 10.1. The summed E-state index contributed by atoms with van der Waals surface area (Å²) < 4.78 is 4.97. The van der Waals surface area contributed by atoms with Gasteiger partial charge in [-0.2, -0.15) is 0 Å². The molecule has 2 N–H and O–H groups in total.